The molecular weight excluding hydrogens is 416 g/mol. The van der Waals surface area contributed by atoms with E-state index in [1.165, 1.54) is 6.07 Å². The van der Waals surface area contributed by atoms with Crippen LogP contribution in [0.1, 0.15) is 18.5 Å². The molecule has 1 heterocycles. The molecule has 1 atom stereocenters. The van der Waals surface area contributed by atoms with Crippen molar-refractivity contribution in [2.24, 2.45) is 0 Å². The number of nitrogens with one attached hydrogen (secondary N) is 1. The van der Waals surface area contributed by atoms with Gasteiger partial charge in [0.1, 0.15) is 6.54 Å². The van der Waals surface area contributed by atoms with Crippen LogP contribution in [-0.2, 0) is 14.4 Å². The number of imide groups is 2. The molecule has 1 N–H and O–H groups in total. The minimum Gasteiger partial charge on any atom is -0.323 e. The summed E-state index contributed by atoms with van der Waals surface area (Å²) >= 11 is 5.93. The molecule has 3 rings (SSSR count). The average Bonchev–Trinajstić information content (AvgIpc) is 2.93. The first-order valence-corrected chi connectivity index (χ1v) is 9.06. The van der Waals surface area contributed by atoms with E-state index in [0.29, 0.717) is 10.5 Å². The summed E-state index contributed by atoms with van der Waals surface area (Å²) < 4.78 is 0. The number of urea groups is 1. The SMILES string of the molecule is CC(c1ccccc1)N1C(=O)C(=O)N(CC(=O)Nc2cc([N+](=O)[O-])ccc2Cl)C1=O. The van der Waals surface area contributed by atoms with Crippen LogP contribution in [0.3, 0.4) is 0 Å². The smallest absolute Gasteiger partial charge is 0.323 e. The number of anilines is 1. The van der Waals surface area contributed by atoms with Crippen LogP contribution in [-0.4, -0.2) is 45.0 Å². The first kappa shape index (κ1) is 20.9. The second-order valence-corrected chi connectivity index (χ2v) is 6.81. The van der Waals surface area contributed by atoms with Gasteiger partial charge in [0.25, 0.3) is 5.69 Å². The van der Waals surface area contributed by atoms with Gasteiger partial charge in [-0.1, -0.05) is 41.9 Å². The Morgan fingerprint density at radius 1 is 1.13 bits per heavy atom. The van der Waals surface area contributed by atoms with E-state index in [1.54, 1.807) is 37.3 Å². The van der Waals surface area contributed by atoms with Crippen molar-refractivity contribution < 1.29 is 24.1 Å². The molecule has 0 saturated carbocycles. The normalized spacial score (nSPS) is 14.8. The zero-order valence-electron chi connectivity index (χ0n) is 15.6. The molecule has 1 fully saturated rings. The first-order valence-electron chi connectivity index (χ1n) is 8.68. The fourth-order valence-corrected chi connectivity index (χ4v) is 3.10. The van der Waals surface area contributed by atoms with E-state index in [2.05, 4.69) is 5.32 Å². The Kier molecular flexibility index (Phi) is 5.79. The molecule has 10 nitrogen and oxygen atoms in total. The number of nitrogens with zero attached hydrogens (tertiary/aromatic N) is 3. The number of nitro benzene ring substituents is 1. The summed E-state index contributed by atoms with van der Waals surface area (Å²) in [5.41, 5.74) is 0.276. The Bertz CT molecular complexity index is 1060. The highest BCUT2D eigenvalue weighted by Gasteiger charge is 2.47. The van der Waals surface area contributed by atoms with E-state index in [1.807, 2.05) is 0 Å². The molecule has 1 aliphatic heterocycles. The van der Waals surface area contributed by atoms with E-state index in [4.69, 9.17) is 11.6 Å². The number of benzene rings is 2. The van der Waals surface area contributed by atoms with Crippen molar-refractivity contribution in [3.63, 3.8) is 0 Å². The molecule has 11 heteroatoms. The molecule has 154 valence electrons. The van der Waals surface area contributed by atoms with E-state index in [9.17, 15) is 29.3 Å². The van der Waals surface area contributed by atoms with Gasteiger partial charge in [-0.25, -0.2) is 14.6 Å². The lowest BCUT2D eigenvalue weighted by Crippen LogP contribution is -2.39. The molecule has 5 amide bonds. The average molecular weight is 431 g/mol. The molecular formula is C19H15ClN4O6. The van der Waals surface area contributed by atoms with Gasteiger partial charge in [-0.3, -0.25) is 24.5 Å². The van der Waals surface area contributed by atoms with Crippen molar-refractivity contribution in [3.8, 4) is 0 Å². The first-order chi connectivity index (χ1) is 14.2. The van der Waals surface area contributed by atoms with Crippen LogP contribution in [0.25, 0.3) is 0 Å². The fourth-order valence-electron chi connectivity index (χ4n) is 2.94. The van der Waals surface area contributed by atoms with Crippen LogP contribution in [0.2, 0.25) is 5.02 Å². The Labute approximate surface area is 175 Å². The zero-order valence-corrected chi connectivity index (χ0v) is 16.3. The number of carbonyl (C=O) groups is 4. The van der Waals surface area contributed by atoms with Crippen LogP contribution < -0.4 is 5.32 Å². The highest BCUT2D eigenvalue weighted by Crippen LogP contribution is 2.28. The summed E-state index contributed by atoms with van der Waals surface area (Å²) in [5.74, 6) is -3.03. The molecule has 2 aromatic rings. The Morgan fingerprint density at radius 3 is 2.43 bits per heavy atom. The lowest BCUT2D eigenvalue weighted by molar-refractivity contribution is -0.384. The molecule has 0 aromatic heterocycles. The summed E-state index contributed by atoms with van der Waals surface area (Å²) in [6, 6.07) is 10.4. The van der Waals surface area contributed by atoms with Crippen molar-refractivity contribution in [2.75, 3.05) is 11.9 Å². The van der Waals surface area contributed by atoms with E-state index >= 15 is 0 Å². The second-order valence-electron chi connectivity index (χ2n) is 6.41. The quantitative estimate of drug-likeness (QED) is 0.324. The van der Waals surface area contributed by atoms with Crippen molar-refractivity contribution >= 4 is 46.7 Å². The zero-order chi connectivity index (χ0) is 22.0. The Hall–Kier alpha value is -3.79. The minimum absolute atomic E-state index is 0.0310. The van der Waals surface area contributed by atoms with Crippen molar-refractivity contribution in [1.82, 2.24) is 9.80 Å². The maximum Gasteiger partial charge on any atom is 0.335 e. The Morgan fingerprint density at radius 2 is 1.80 bits per heavy atom. The number of carbonyl (C=O) groups excluding carboxylic acids is 4. The van der Waals surface area contributed by atoms with Gasteiger partial charge in [0.15, 0.2) is 0 Å². The molecule has 0 bridgehead atoms. The molecule has 1 aliphatic rings. The summed E-state index contributed by atoms with van der Waals surface area (Å²) in [6.07, 6.45) is 0. The topological polar surface area (TPSA) is 130 Å². The number of halogens is 1. The number of rotatable bonds is 6. The molecule has 30 heavy (non-hydrogen) atoms. The monoisotopic (exact) mass is 430 g/mol. The van der Waals surface area contributed by atoms with Gasteiger partial charge in [0, 0.05) is 12.1 Å². The number of hydrogen-bond donors (Lipinski definition) is 1. The van der Waals surface area contributed by atoms with Gasteiger partial charge < -0.3 is 5.32 Å². The van der Waals surface area contributed by atoms with Crippen LogP contribution in [0.5, 0.6) is 0 Å². The maximum absolute atomic E-state index is 12.7. The predicted octanol–water partition coefficient (Wildman–Crippen LogP) is 2.74. The van der Waals surface area contributed by atoms with Gasteiger partial charge in [0.2, 0.25) is 5.91 Å². The van der Waals surface area contributed by atoms with Crippen LogP contribution in [0.4, 0.5) is 16.2 Å². The second kappa shape index (κ2) is 8.29. The van der Waals surface area contributed by atoms with E-state index in [0.717, 1.165) is 17.0 Å². The number of hydrogen-bond acceptors (Lipinski definition) is 6. The van der Waals surface area contributed by atoms with Crippen LogP contribution in [0, 0.1) is 10.1 Å². The van der Waals surface area contributed by atoms with Crippen molar-refractivity contribution in [1.29, 1.82) is 0 Å². The predicted molar refractivity (Wildman–Crippen MR) is 106 cm³/mol. The highest BCUT2D eigenvalue weighted by molar-refractivity contribution is 6.45. The molecule has 2 aromatic carbocycles. The summed E-state index contributed by atoms with van der Waals surface area (Å²) in [4.78, 5) is 61.1. The van der Waals surface area contributed by atoms with Gasteiger partial charge in [-0.15, -0.1) is 0 Å². The number of non-ortho nitro benzene ring substituents is 1. The molecule has 0 spiro atoms. The summed E-state index contributed by atoms with van der Waals surface area (Å²) in [5, 5.41) is 13.2. The van der Waals surface area contributed by atoms with Gasteiger partial charge in [-0.2, -0.15) is 0 Å². The minimum atomic E-state index is -1.14. The van der Waals surface area contributed by atoms with Gasteiger partial charge >= 0.3 is 17.8 Å². The largest absolute Gasteiger partial charge is 0.335 e. The van der Waals surface area contributed by atoms with Crippen LogP contribution >= 0.6 is 11.6 Å². The lowest BCUT2D eigenvalue weighted by atomic mass is 10.1. The molecule has 1 unspecified atom stereocenters. The third kappa shape index (κ3) is 3.98. The summed E-state index contributed by atoms with van der Waals surface area (Å²) in [6.45, 7) is 0.839. The van der Waals surface area contributed by atoms with Crippen molar-refractivity contribution in [2.45, 2.75) is 13.0 Å². The van der Waals surface area contributed by atoms with Crippen molar-refractivity contribution in [3.05, 3.63) is 69.2 Å². The Balaban J connectivity index is 1.75. The van der Waals surface area contributed by atoms with E-state index < -0.39 is 41.3 Å². The van der Waals surface area contributed by atoms with Gasteiger partial charge in [0.05, 0.1) is 21.7 Å². The van der Waals surface area contributed by atoms with E-state index in [-0.39, 0.29) is 16.4 Å². The summed E-state index contributed by atoms with van der Waals surface area (Å²) in [7, 11) is 0. The molecule has 0 aliphatic carbocycles. The molecule has 1 saturated heterocycles. The standard InChI is InChI=1S/C19H15ClN4O6/c1-11(12-5-3-2-4-6-12)23-18(27)17(26)22(19(23)28)10-16(25)21-15-9-13(24(29)30)7-8-14(15)20/h2-9,11H,10H2,1H3,(H,21,25). The fraction of sp³-hybridized carbons (Fsp3) is 0.158. The highest BCUT2D eigenvalue weighted by atomic mass is 35.5. The lowest BCUT2D eigenvalue weighted by Gasteiger charge is -2.22. The third-order valence-electron chi connectivity index (χ3n) is 4.49. The third-order valence-corrected chi connectivity index (χ3v) is 4.82. The van der Waals surface area contributed by atoms with Crippen LogP contribution in [0.15, 0.2) is 48.5 Å². The number of nitro groups is 1. The number of amides is 5. The van der Waals surface area contributed by atoms with Gasteiger partial charge in [-0.05, 0) is 18.6 Å². The maximum atomic E-state index is 12.7. The molecule has 0 radical (unpaired) electrons.